The zero-order valence-electron chi connectivity index (χ0n) is 37.3. The van der Waals surface area contributed by atoms with Gasteiger partial charge in [0, 0.05) is 37.1 Å². The van der Waals surface area contributed by atoms with Gasteiger partial charge in [0.05, 0.1) is 23.7 Å². The lowest BCUT2D eigenvalue weighted by Gasteiger charge is -2.72. The van der Waals surface area contributed by atoms with Crippen LogP contribution in [0.4, 0.5) is 0 Å². The second-order valence-corrected chi connectivity index (χ2v) is 24.3. The van der Waals surface area contributed by atoms with E-state index in [1.165, 1.54) is 63.4 Å². The fourth-order valence-corrected chi connectivity index (χ4v) is 16.9. The Balaban J connectivity index is 0.990. The number of benzene rings is 1. The van der Waals surface area contributed by atoms with Crippen LogP contribution in [0.1, 0.15) is 142 Å². The number of sulfone groups is 1. The smallest absolute Gasteiger partial charge is 0.338 e. The predicted molar refractivity (Wildman–Crippen MR) is 237 cm³/mol. The summed E-state index contributed by atoms with van der Waals surface area (Å²) < 4.78 is 30.1. The predicted octanol–water partition coefficient (Wildman–Crippen LogP) is 10.6. The summed E-state index contributed by atoms with van der Waals surface area (Å²) >= 11 is 0. The van der Waals surface area contributed by atoms with Crippen LogP contribution in [0.15, 0.2) is 65.8 Å². The highest BCUT2D eigenvalue weighted by atomic mass is 32.2. The first kappa shape index (κ1) is 42.5. The van der Waals surface area contributed by atoms with Gasteiger partial charge in [-0.1, -0.05) is 84.0 Å². The highest BCUT2D eigenvalue weighted by Crippen LogP contribution is 2.76. The summed E-state index contributed by atoms with van der Waals surface area (Å²) in [6.45, 7) is 26.3. The first-order valence-corrected chi connectivity index (χ1v) is 25.2. The molecule has 1 aliphatic heterocycles. The molecule has 6 aliphatic carbocycles. The van der Waals surface area contributed by atoms with Crippen molar-refractivity contribution in [1.29, 1.82) is 0 Å². The van der Waals surface area contributed by atoms with Crippen molar-refractivity contribution in [2.24, 2.45) is 56.7 Å². The maximum Gasteiger partial charge on any atom is 0.338 e. The number of hydrogen-bond acceptors (Lipinski definition) is 6. The standard InChI is InChI=1S/C51H76N2O4S/c1-9-50(35-57-45(54)38-13-11-10-12-14-38)24-17-37(18-25-50)40-20-22-47(6)42(46(40,4)5)21-23-49(8)43(47)16-15-41-44-39(36(2)3)19-26-51(44,28-27-48(41,49)7)52-29-30-53-31-33-58(55,56)34-32-53/h10-14,17,20,39,41-44,52H,2,9,15-16,18-19,21-35H2,1,3-8H3/t39-,41+,42-,43+,44+,47-,48+,49+,50?,51-/m0/s1. The Morgan fingerprint density at radius 1 is 0.879 bits per heavy atom. The van der Waals surface area contributed by atoms with Crippen LogP contribution in [-0.2, 0) is 14.6 Å². The van der Waals surface area contributed by atoms with Crippen molar-refractivity contribution in [3.05, 3.63) is 71.3 Å². The summed E-state index contributed by atoms with van der Waals surface area (Å²) in [7, 11) is -2.86. The lowest BCUT2D eigenvalue weighted by molar-refractivity contribution is -0.221. The Morgan fingerprint density at radius 2 is 1.62 bits per heavy atom. The van der Waals surface area contributed by atoms with E-state index in [0.717, 1.165) is 38.8 Å². The number of nitrogens with one attached hydrogen (secondary N) is 1. The fraction of sp³-hybridized carbons (Fsp3) is 0.745. The molecule has 7 aliphatic rings. The van der Waals surface area contributed by atoms with Crippen LogP contribution in [0.5, 0.6) is 0 Å². The van der Waals surface area contributed by atoms with Crippen LogP contribution in [0.25, 0.3) is 0 Å². The number of allylic oxidation sites excluding steroid dienone is 5. The van der Waals surface area contributed by atoms with Crippen molar-refractivity contribution in [3.63, 3.8) is 0 Å². The average molecular weight is 813 g/mol. The van der Waals surface area contributed by atoms with Gasteiger partial charge >= 0.3 is 5.97 Å². The number of ether oxygens (including phenoxy) is 1. The third kappa shape index (κ3) is 6.95. The number of rotatable bonds is 10. The van der Waals surface area contributed by atoms with E-state index in [-0.39, 0.29) is 27.8 Å². The Bertz CT molecular complexity index is 1910. The van der Waals surface area contributed by atoms with E-state index in [0.29, 0.717) is 77.2 Å². The average Bonchev–Trinajstić information content (AvgIpc) is 3.58. The van der Waals surface area contributed by atoms with Gasteiger partial charge in [0.1, 0.15) is 0 Å². The molecule has 0 spiro atoms. The molecule has 4 saturated carbocycles. The third-order valence-electron chi connectivity index (χ3n) is 19.3. The minimum atomic E-state index is -2.86. The van der Waals surface area contributed by atoms with Crippen molar-refractivity contribution >= 4 is 15.8 Å². The normalized spacial score (nSPS) is 41.8. The zero-order chi connectivity index (χ0) is 41.4. The lowest BCUT2D eigenvalue weighted by atomic mass is 9.33. The summed E-state index contributed by atoms with van der Waals surface area (Å²) in [6, 6.07) is 9.42. The molecule has 1 aromatic carbocycles. The van der Waals surface area contributed by atoms with Crippen LogP contribution < -0.4 is 5.32 Å². The van der Waals surface area contributed by atoms with Gasteiger partial charge in [0.15, 0.2) is 9.84 Å². The maximum atomic E-state index is 12.9. The molecule has 0 amide bonds. The molecule has 320 valence electrons. The molecule has 10 atom stereocenters. The largest absolute Gasteiger partial charge is 0.461 e. The number of nitrogens with zero attached hydrogens (tertiary/aromatic N) is 1. The van der Waals surface area contributed by atoms with Gasteiger partial charge in [0.25, 0.3) is 0 Å². The SMILES string of the molecule is C=C(C)[C@@H]1CC[C@]2(NCCN3CCS(=O)(=O)CC3)CC[C@]3(C)[C@H](CC[C@@H]4[C@@]5(C)CC=C(C6=CCC(CC)(COC(=O)c7ccccc7)CC6)C(C)(C)[C@@H]5CC[C@]43C)[C@@H]12. The fourth-order valence-electron chi connectivity index (χ4n) is 15.7. The molecule has 1 heterocycles. The second-order valence-electron chi connectivity index (χ2n) is 22.0. The summed E-state index contributed by atoms with van der Waals surface area (Å²) in [4.78, 5) is 15.2. The Labute approximate surface area is 352 Å². The van der Waals surface area contributed by atoms with Crippen molar-refractivity contribution in [1.82, 2.24) is 10.2 Å². The van der Waals surface area contributed by atoms with Crippen LogP contribution in [0.2, 0.25) is 0 Å². The molecule has 6 nitrogen and oxygen atoms in total. The highest BCUT2D eigenvalue weighted by Gasteiger charge is 2.70. The molecular weight excluding hydrogens is 737 g/mol. The highest BCUT2D eigenvalue weighted by molar-refractivity contribution is 7.91. The summed E-state index contributed by atoms with van der Waals surface area (Å²) in [5.41, 5.74) is 6.36. The third-order valence-corrected chi connectivity index (χ3v) is 20.9. The van der Waals surface area contributed by atoms with Crippen molar-refractivity contribution < 1.29 is 17.9 Å². The van der Waals surface area contributed by atoms with Crippen molar-refractivity contribution in [2.75, 3.05) is 44.3 Å². The molecular formula is C51H76N2O4S. The van der Waals surface area contributed by atoms with Crippen LogP contribution in [-0.4, -0.2) is 69.1 Å². The van der Waals surface area contributed by atoms with E-state index in [4.69, 9.17) is 4.74 Å². The molecule has 8 rings (SSSR count). The van der Waals surface area contributed by atoms with Crippen molar-refractivity contribution in [3.8, 4) is 0 Å². The van der Waals surface area contributed by atoms with E-state index in [1.807, 2.05) is 30.3 Å². The van der Waals surface area contributed by atoms with Crippen LogP contribution in [0.3, 0.4) is 0 Å². The molecule has 0 bridgehead atoms. The number of carbonyl (C=O) groups is 1. The minimum Gasteiger partial charge on any atom is -0.461 e. The minimum absolute atomic E-state index is 0.0107. The van der Waals surface area contributed by atoms with Gasteiger partial charge in [-0.05, 0) is 165 Å². The maximum absolute atomic E-state index is 12.9. The quantitative estimate of drug-likeness (QED) is 0.187. The van der Waals surface area contributed by atoms with Gasteiger partial charge in [-0.15, -0.1) is 0 Å². The molecule has 1 unspecified atom stereocenters. The van der Waals surface area contributed by atoms with E-state index in [2.05, 4.69) is 77.4 Å². The second kappa shape index (κ2) is 15.3. The first-order valence-electron chi connectivity index (χ1n) is 23.4. The summed E-state index contributed by atoms with van der Waals surface area (Å²) in [5, 5.41) is 4.24. The molecule has 1 aromatic rings. The van der Waals surface area contributed by atoms with E-state index in [1.54, 1.807) is 11.1 Å². The van der Waals surface area contributed by atoms with Gasteiger partial charge in [-0.3, -0.25) is 0 Å². The van der Waals surface area contributed by atoms with E-state index >= 15 is 0 Å². The van der Waals surface area contributed by atoms with Gasteiger partial charge < -0.3 is 15.0 Å². The molecule has 0 radical (unpaired) electrons. The summed E-state index contributed by atoms with van der Waals surface area (Å²) in [6.07, 6.45) is 20.9. The summed E-state index contributed by atoms with van der Waals surface area (Å²) in [5.74, 6) is 3.67. The first-order chi connectivity index (χ1) is 27.4. The molecule has 1 N–H and O–H groups in total. The number of fused-ring (bicyclic) bond motifs is 7. The molecule has 58 heavy (non-hydrogen) atoms. The van der Waals surface area contributed by atoms with Gasteiger partial charge in [0.2, 0.25) is 0 Å². The van der Waals surface area contributed by atoms with E-state index in [9.17, 15) is 13.2 Å². The molecule has 7 heteroatoms. The van der Waals surface area contributed by atoms with Crippen LogP contribution >= 0.6 is 0 Å². The van der Waals surface area contributed by atoms with E-state index < -0.39 is 9.84 Å². The molecule has 0 aromatic heterocycles. The lowest BCUT2D eigenvalue weighted by Crippen LogP contribution is -2.68. The van der Waals surface area contributed by atoms with Gasteiger partial charge in [-0.25, -0.2) is 13.2 Å². The van der Waals surface area contributed by atoms with Gasteiger partial charge in [-0.2, -0.15) is 0 Å². The molecule has 5 fully saturated rings. The van der Waals surface area contributed by atoms with Crippen molar-refractivity contribution in [2.45, 2.75) is 137 Å². The topological polar surface area (TPSA) is 75.7 Å². The monoisotopic (exact) mass is 813 g/mol. The molecule has 1 saturated heterocycles. The van der Waals surface area contributed by atoms with Crippen LogP contribution in [0, 0.1) is 56.7 Å². The Hall–Kier alpha value is -2.22. The number of carbonyl (C=O) groups excluding carboxylic acids is 1. The Morgan fingerprint density at radius 3 is 2.29 bits per heavy atom. The number of hydrogen-bond donors (Lipinski definition) is 1. The Kier molecular flexibility index (Phi) is 11.2. The zero-order valence-corrected chi connectivity index (χ0v) is 38.1. The number of esters is 1.